The molecule has 7 heteroatoms. The van der Waals surface area contributed by atoms with Gasteiger partial charge >= 0.3 is 11.9 Å². The lowest BCUT2D eigenvalue weighted by Gasteiger charge is -2.21. The second kappa shape index (κ2) is 16.8. The summed E-state index contributed by atoms with van der Waals surface area (Å²) in [6, 6.07) is -0.624. The Morgan fingerprint density at radius 3 is 2.11 bits per heavy atom. The van der Waals surface area contributed by atoms with Crippen molar-refractivity contribution in [3.63, 3.8) is 0 Å². The molecule has 0 amide bonds. The minimum Gasteiger partial charge on any atom is -0.478 e. The molecule has 0 aromatic heterocycles. The van der Waals surface area contributed by atoms with Crippen molar-refractivity contribution in [3.05, 3.63) is 23.3 Å². The number of hydrogen-bond acceptors (Lipinski definition) is 5. The van der Waals surface area contributed by atoms with Crippen LogP contribution in [-0.2, 0) is 14.3 Å². The number of ether oxygens (including phenoxy) is 1. The highest BCUT2D eigenvalue weighted by molar-refractivity contribution is 5.88. The van der Waals surface area contributed by atoms with E-state index in [4.69, 9.17) is 15.6 Å². The molecule has 0 aromatic rings. The molecule has 0 aliphatic rings. The van der Waals surface area contributed by atoms with Crippen LogP contribution in [0.2, 0.25) is 0 Å². The first-order valence-corrected chi connectivity index (χ1v) is 9.55. The predicted octanol–water partition coefficient (Wildman–Crippen LogP) is 3.55. The summed E-state index contributed by atoms with van der Waals surface area (Å²) in [5.74, 6) is -1.44. The third kappa shape index (κ3) is 14.4. The van der Waals surface area contributed by atoms with Gasteiger partial charge in [0, 0.05) is 17.7 Å². The van der Waals surface area contributed by atoms with Crippen LogP contribution < -0.4 is 5.73 Å². The van der Waals surface area contributed by atoms with Gasteiger partial charge in [0.2, 0.25) is 0 Å². The van der Waals surface area contributed by atoms with Crippen molar-refractivity contribution in [3.8, 4) is 0 Å². The van der Waals surface area contributed by atoms with Crippen LogP contribution in [0.3, 0.4) is 0 Å². The van der Waals surface area contributed by atoms with Gasteiger partial charge in [-0.3, -0.25) is 0 Å². The van der Waals surface area contributed by atoms with E-state index in [-0.39, 0.29) is 24.6 Å². The topological polar surface area (TPSA) is 92.9 Å². The largest absolute Gasteiger partial charge is 0.478 e. The van der Waals surface area contributed by atoms with Crippen molar-refractivity contribution in [2.45, 2.75) is 65.8 Å². The Kier molecular flexibility index (Phi) is 17.3. The predicted molar refractivity (Wildman–Crippen MR) is 112 cm³/mol. The fourth-order valence-corrected chi connectivity index (χ4v) is 2.37. The normalized spacial score (nSPS) is 13.3. The Balaban J connectivity index is 0. The van der Waals surface area contributed by atoms with Gasteiger partial charge in [-0.15, -0.1) is 12.4 Å². The summed E-state index contributed by atoms with van der Waals surface area (Å²) in [4.78, 5) is 25.2. The van der Waals surface area contributed by atoms with E-state index >= 15 is 0 Å². The molecule has 3 N–H and O–H groups in total. The molecule has 0 bridgehead atoms. The zero-order chi connectivity index (χ0) is 19.9. The maximum Gasteiger partial charge on any atom is 0.333 e. The number of carboxylic acids is 1. The number of hydrogen-bond donors (Lipinski definition) is 2. The van der Waals surface area contributed by atoms with Gasteiger partial charge in [0.15, 0.2) is 0 Å². The van der Waals surface area contributed by atoms with Crippen LogP contribution in [0.25, 0.3) is 0 Å². The van der Waals surface area contributed by atoms with Crippen LogP contribution in [0, 0.1) is 0 Å². The number of halogens is 1. The molecular formula is C20H37ClN2O4. The first-order chi connectivity index (χ1) is 12.3. The average molecular weight is 405 g/mol. The monoisotopic (exact) mass is 404 g/mol. The number of carboxylic acid groups (broad SMARTS) is 1. The van der Waals surface area contributed by atoms with E-state index in [9.17, 15) is 9.59 Å². The van der Waals surface area contributed by atoms with E-state index < -0.39 is 18.0 Å². The molecule has 1 atom stereocenters. The van der Waals surface area contributed by atoms with Gasteiger partial charge in [-0.05, 0) is 46.2 Å². The van der Waals surface area contributed by atoms with Crippen LogP contribution in [0.5, 0.6) is 0 Å². The first kappa shape index (κ1) is 27.8. The smallest absolute Gasteiger partial charge is 0.333 e. The molecular weight excluding hydrogens is 368 g/mol. The molecule has 0 aliphatic heterocycles. The summed E-state index contributed by atoms with van der Waals surface area (Å²) in [5.41, 5.74) is 6.45. The number of nitrogens with zero attached hydrogens (tertiary/aromatic N) is 1. The van der Waals surface area contributed by atoms with Gasteiger partial charge in [0.1, 0.15) is 6.61 Å². The Bertz CT molecular complexity index is 484. The number of esters is 1. The molecule has 0 aliphatic carbocycles. The van der Waals surface area contributed by atoms with Gasteiger partial charge < -0.3 is 20.5 Å². The van der Waals surface area contributed by atoms with Gasteiger partial charge in [-0.2, -0.15) is 0 Å². The fraction of sp³-hybridized carbons (Fsp3) is 0.700. The highest BCUT2D eigenvalue weighted by Crippen LogP contribution is 2.05. The molecule has 27 heavy (non-hydrogen) atoms. The van der Waals surface area contributed by atoms with Crippen LogP contribution in [0.15, 0.2) is 23.3 Å². The highest BCUT2D eigenvalue weighted by Gasteiger charge is 2.10. The molecule has 6 nitrogen and oxygen atoms in total. The molecule has 0 radical (unpaired) electrons. The van der Waals surface area contributed by atoms with Crippen molar-refractivity contribution >= 4 is 24.3 Å². The zero-order valence-electron chi connectivity index (χ0n) is 17.2. The summed E-state index contributed by atoms with van der Waals surface area (Å²) in [6.07, 6.45) is 8.83. The Hall–Kier alpha value is -1.37. The van der Waals surface area contributed by atoms with E-state index in [1.165, 1.54) is 38.7 Å². The van der Waals surface area contributed by atoms with E-state index in [1.807, 2.05) is 6.08 Å². The number of carbonyl (C=O) groups excluding carboxylic acids is 1. The number of aliphatic carboxylic acids is 1. The van der Waals surface area contributed by atoms with E-state index in [0.717, 1.165) is 26.1 Å². The standard InChI is InChI=1S/C20H36N2O4.ClH/c1-5-7-11-22(12-8-6-2)13-9-10-16(3)20(25)26-15-18(21)14-17(4)19(23)24;/h10,14,18H,5-9,11-13,15,21H2,1-4H3,(H,23,24);1H/t18-;/m1./s1. The van der Waals surface area contributed by atoms with Crippen molar-refractivity contribution in [2.24, 2.45) is 5.73 Å². The SMILES string of the molecule is CCCCN(CCC=C(C)C(=O)OC[C@H](N)C=C(C)C(=O)O)CCCC.Cl. The van der Waals surface area contributed by atoms with Gasteiger partial charge in [-0.1, -0.05) is 38.8 Å². The van der Waals surface area contributed by atoms with E-state index in [2.05, 4.69) is 18.7 Å². The molecule has 0 fully saturated rings. The quantitative estimate of drug-likeness (QED) is 0.339. The number of unbranched alkanes of at least 4 members (excludes halogenated alkanes) is 2. The van der Waals surface area contributed by atoms with Crippen LogP contribution >= 0.6 is 12.4 Å². The summed E-state index contributed by atoms with van der Waals surface area (Å²) >= 11 is 0. The van der Waals surface area contributed by atoms with Crippen LogP contribution in [0.4, 0.5) is 0 Å². The van der Waals surface area contributed by atoms with Gasteiger partial charge in [0.25, 0.3) is 0 Å². The fourth-order valence-electron chi connectivity index (χ4n) is 2.37. The third-order valence-electron chi connectivity index (χ3n) is 4.08. The Morgan fingerprint density at radius 2 is 1.63 bits per heavy atom. The molecule has 0 heterocycles. The van der Waals surface area contributed by atoms with Gasteiger partial charge in [0.05, 0.1) is 6.04 Å². The summed E-state index contributed by atoms with van der Waals surface area (Å²) in [5, 5.41) is 8.80. The van der Waals surface area contributed by atoms with Crippen LogP contribution in [-0.4, -0.2) is 54.2 Å². The van der Waals surface area contributed by atoms with E-state index in [1.54, 1.807) is 6.92 Å². The lowest BCUT2D eigenvalue weighted by Crippen LogP contribution is -2.27. The molecule has 0 aromatic carbocycles. The van der Waals surface area contributed by atoms with Crippen molar-refractivity contribution < 1.29 is 19.4 Å². The lowest BCUT2D eigenvalue weighted by atomic mass is 10.2. The molecule has 158 valence electrons. The van der Waals surface area contributed by atoms with Gasteiger partial charge in [-0.25, -0.2) is 9.59 Å². The maximum absolute atomic E-state index is 12.0. The summed E-state index contributed by atoms with van der Waals surface area (Å²) in [7, 11) is 0. The Labute approximate surface area is 170 Å². The molecule has 0 spiro atoms. The molecule has 0 saturated heterocycles. The number of nitrogens with two attached hydrogens (primary N) is 1. The zero-order valence-corrected chi connectivity index (χ0v) is 18.0. The average Bonchev–Trinajstić information content (AvgIpc) is 2.60. The second-order valence-electron chi connectivity index (χ2n) is 6.64. The molecule has 0 saturated carbocycles. The lowest BCUT2D eigenvalue weighted by molar-refractivity contribution is -0.139. The second-order valence-corrected chi connectivity index (χ2v) is 6.64. The van der Waals surface area contributed by atoms with Crippen LogP contribution in [0.1, 0.15) is 59.8 Å². The summed E-state index contributed by atoms with van der Waals surface area (Å²) in [6.45, 7) is 10.7. The molecule has 0 unspecified atom stereocenters. The third-order valence-corrected chi connectivity index (χ3v) is 4.08. The number of carbonyl (C=O) groups is 2. The van der Waals surface area contributed by atoms with Crippen molar-refractivity contribution in [1.82, 2.24) is 4.90 Å². The number of rotatable bonds is 14. The van der Waals surface area contributed by atoms with Crippen molar-refractivity contribution in [1.29, 1.82) is 0 Å². The highest BCUT2D eigenvalue weighted by atomic mass is 35.5. The Morgan fingerprint density at radius 1 is 1.07 bits per heavy atom. The molecule has 0 rings (SSSR count). The summed E-state index contributed by atoms with van der Waals surface area (Å²) < 4.78 is 5.15. The maximum atomic E-state index is 12.0. The van der Waals surface area contributed by atoms with E-state index in [0.29, 0.717) is 5.57 Å². The first-order valence-electron chi connectivity index (χ1n) is 9.55. The minimum absolute atomic E-state index is 0. The van der Waals surface area contributed by atoms with Crippen molar-refractivity contribution in [2.75, 3.05) is 26.2 Å². The minimum atomic E-state index is -1.03.